The van der Waals surface area contributed by atoms with Crippen LogP contribution in [0, 0.1) is 0 Å². The Labute approximate surface area is 135 Å². The summed E-state index contributed by atoms with van der Waals surface area (Å²) in [6.07, 6.45) is 4.28. The molecule has 0 radical (unpaired) electrons. The third kappa shape index (κ3) is 3.60. The molecule has 2 aliphatic heterocycles. The van der Waals surface area contributed by atoms with E-state index in [1.165, 1.54) is 12.2 Å². The Kier molecular flexibility index (Phi) is 5.31. The summed E-state index contributed by atoms with van der Waals surface area (Å²) in [4.78, 5) is 14.5. The van der Waals surface area contributed by atoms with E-state index in [4.69, 9.17) is 9.15 Å². The largest absolute Gasteiger partial charge is 0.461 e. The first-order valence-corrected chi connectivity index (χ1v) is 9.16. The first-order valence-electron chi connectivity index (χ1n) is 8.00. The van der Waals surface area contributed by atoms with E-state index in [0.717, 1.165) is 43.1 Å². The summed E-state index contributed by atoms with van der Waals surface area (Å²) in [6.45, 7) is 1.27. The van der Waals surface area contributed by atoms with Crippen molar-refractivity contribution in [2.24, 2.45) is 0 Å². The summed E-state index contributed by atoms with van der Waals surface area (Å²) in [6, 6.07) is 4.33. The van der Waals surface area contributed by atoms with Gasteiger partial charge in [-0.2, -0.15) is 11.8 Å². The van der Waals surface area contributed by atoms with Crippen LogP contribution >= 0.6 is 11.8 Å². The van der Waals surface area contributed by atoms with Crippen molar-refractivity contribution in [3.8, 4) is 0 Å². The number of nitrogens with one attached hydrogen (secondary N) is 1. The molecule has 2 saturated heterocycles. The second-order valence-corrected chi connectivity index (χ2v) is 7.10. The van der Waals surface area contributed by atoms with Crippen molar-refractivity contribution >= 4 is 17.8 Å². The number of nitrogens with zero attached hydrogens (tertiary/aromatic N) is 1. The van der Waals surface area contributed by atoms with Crippen molar-refractivity contribution in [1.82, 2.24) is 10.2 Å². The van der Waals surface area contributed by atoms with Crippen LogP contribution in [0.2, 0.25) is 0 Å². The molecule has 0 aromatic carbocycles. The highest BCUT2D eigenvalue weighted by Gasteiger charge is 2.33. The molecule has 3 heterocycles. The number of carbonyl (C=O) groups excluding carboxylic acids is 1. The molecule has 122 valence electrons. The average molecular weight is 324 g/mol. The lowest BCUT2D eigenvalue weighted by molar-refractivity contribution is 0.155. The number of ether oxygens (including phenoxy) is 1. The van der Waals surface area contributed by atoms with E-state index in [0.29, 0.717) is 12.6 Å². The zero-order valence-corrected chi connectivity index (χ0v) is 13.9. The molecule has 0 aliphatic carbocycles. The number of urea groups is 1. The second-order valence-electron chi connectivity index (χ2n) is 5.95. The maximum absolute atomic E-state index is 12.6. The van der Waals surface area contributed by atoms with Gasteiger partial charge >= 0.3 is 6.03 Å². The molecular formula is C16H24N2O3S. The highest BCUT2D eigenvalue weighted by molar-refractivity contribution is 7.99. The van der Waals surface area contributed by atoms with Crippen LogP contribution in [0.5, 0.6) is 0 Å². The van der Waals surface area contributed by atoms with Crippen molar-refractivity contribution < 1.29 is 13.9 Å². The third-order valence-electron chi connectivity index (χ3n) is 4.30. The van der Waals surface area contributed by atoms with Crippen molar-refractivity contribution in [2.75, 3.05) is 25.2 Å². The van der Waals surface area contributed by atoms with Gasteiger partial charge in [0.05, 0.1) is 6.04 Å². The van der Waals surface area contributed by atoms with Crippen molar-refractivity contribution in [1.29, 1.82) is 0 Å². The highest BCUT2D eigenvalue weighted by Crippen LogP contribution is 2.33. The summed E-state index contributed by atoms with van der Waals surface area (Å²) < 4.78 is 10.9. The summed E-state index contributed by atoms with van der Waals surface area (Å²) >= 11 is 1.93. The maximum atomic E-state index is 12.6. The summed E-state index contributed by atoms with van der Waals surface area (Å²) in [5.41, 5.74) is 0. The Hall–Kier alpha value is -1.14. The van der Waals surface area contributed by atoms with Crippen molar-refractivity contribution in [2.45, 2.75) is 44.4 Å². The van der Waals surface area contributed by atoms with Crippen LogP contribution in [-0.2, 0) is 11.3 Å². The van der Waals surface area contributed by atoms with E-state index >= 15 is 0 Å². The van der Waals surface area contributed by atoms with E-state index < -0.39 is 0 Å². The summed E-state index contributed by atoms with van der Waals surface area (Å²) in [5.74, 6) is 3.93. The lowest BCUT2D eigenvalue weighted by atomic mass is 10.1. The molecule has 2 fully saturated rings. The molecule has 2 atom stereocenters. The number of furan rings is 1. The first kappa shape index (κ1) is 15.7. The fourth-order valence-corrected chi connectivity index (χ4v) is 4.28. The quantitative estimate of drug-likeness (QED) is 0.924. The van der Waals surface area contributed by atoms with Gasteiger partial charge in [0.15, 0.2) is 0 Å². The number of carbonyl (C=O) groups is 1. The molecule has 0 spiro atoms. The molecule has 1 N–H and O–H groups in total. The molecule has 3 rings (SSSR count). The van der Waals surface area contributed by atoms with Crippen LogP contribution < -0.4 is 5.32 Å². The number of methoxy groups -OCH3 is 1. The molecule has 6 heteroatoms. The van der Waals surface area contributed by atoms with Crippen LogP contribution in [0.1, 0.15) is 43.2 Å². The molecule has 2 aliphatic rings. The predicted molar refractivity (Wildman–Crippen MR) is 87.0 cm³/mol. The standard InChI is InChI=1S/C16H24N2O3S/c1-20-10-13-6-7-15(21-13)14-5-2-8-18(14)16(19)17-12-4-3-9-22-11-12/h6-7,12,14H,2-5,8-11H2,1H3,(H,17,19)/t12-,14+/m1/s1. The number of rotatable bonds is 4. The van der Waals surface area contributed by atoms with Gasteiger partial charge in [-0.1, -0.05) is 0 Å². The number of amides is 2. The van der Waals surface area contributed by atoms with E-state index in [9.17, 15) is 4.79 Å². The summed E-state index contributed by atoms with van der Waals surface area (Å²) in [7, 11) is 1.65. The van der Waals surface area contributed by atoms with E-state index in [-0.39, 0.29) is 12.1 Å². The van der Waals surface area contributed by atoms with Crippen molar-refractivity contribution in [3.05, 3.63) is 23.7 Å². The van der Waals surface area contributed by atoms with E-state index in [1.807, 2.05) is 28.8 Å². The number of likely N-dealkylation sites (tertiary alicyclic amines) is 1. The lowest BCUT2D eigenvalue weighted by Crippen LogP contribution is -2.46. The van der Waals surface area contributed by atoms with Crippen LogP contribution in [0.3, 0.4) is 0 Å². The molecule has 2 amide bonds. The van der Waals surface area contributed by atoms with Gasteiger partial charge in [0, 0.05) is 25.4 Å². The highest BCUT2D eigenvalue weighted by atomic mass is 32.2. The van der Waals surface area contributed by atoms with Gasteiger partial charge in [-0.15, -0.1) is 0 Å². The monoisotopic (exact) mass is 324 g/mol. The zero-order valence-electron chi connectivity index (χ0n) is 13.0. The Morgan fingerprint density at radius 3 is 3.14 bits per heavy atom. The molecular weight excluding hydrogens is 300 g/mol. The molecule has 22 heavy (non-hydrogen) atoms. The van der Waals surface area contributed by atoms with Gasteiger partial charge in [0.1, 0.15) is 18.1 Å². The van der Waals surface area contributed by atoms with Gasteiger partial charge in [0.2, 0.25) is 0 Å². The molecule has 1 aromatic heterocycles. The van der Waals surface area contributed by atoms with Crippen LogP contribution in [-0.4, -0.2) is 42.1 Å². The van der Waals surface area contributed by atoms with Crippen molar-refractivity contribution in [3.63, 3.8) is 0 Å². The van der Waals surface area contributed by atoms with Gasteiger partial charge in [-0.25, -0.2) is 4.79 Å². The minimum atomic E-state index is 0.0553. The minimum Gasteiger partial charge on any atom is -0.461 e. The smallest absolute Gasteiger partial charge is 0.318 e. The van der Waals surface area contributed by atoms with Gasteiger partial charge < -0.3 is 19.4 Å². The Morgan fingerprint density at radius 1 is 1.45 bits per heavy atom. The van der Waals surface area contributed by atoms with E-state index in [1.54, 1.807) is 7.11 Å². The van der Waals surface area contributed by atoms with Crippen LogP contribution in [0.15, 0.2) is 16.5 Å². The SMILES string of the molecule is COCc1ccc([C@@H]2CCCN2C(=O)N[C@@H]2CCCSC2)o1. The molecule has 0 saturated carbocycles. The molecule has 0 unspecified atom stereocenters. The fourth-order valence-electron chi connectivity index (χ4n) is 3.21. The summed E-state index contributed by atoms with van der Waals surface area (Å²) in [5, 5.41) is 3.19. The topological polar surface area (TPSA) is 54.7 Å². The molecule has 5 nitrogen and oxygen atoms in total. The maximum Gasteiger partial charge on any atom is 0.318 e. The normalized spacial score (nSPS) is 25.4. The molecule has 0 bridgehead atoms. The minimum absolute atomic E-state index is 0.0553. The average Bonchev–Trinajstić information content (AvgIpc) is 3.17. The second kappa shape index (κ2) is 7.42. The Morgan fingerprint density at radius 2 is 2.36 bits per heavy atom. The number of hydrogen-bond donors (Lipinski definition) is 1. The zero-order chi connectivity index (χ0) is 15.4. The van der Waals surface area contributed by atoms with Gasteiger partial charge in [-0.3, -0.25) is 0 Å². The number of thioether (sulfide) groups is 1. The predicted octanol–water partition coefficient (Wildman–Crippen LogP) is 3.17. The number of hydrogen-bond acceptors (Lipinski definition) is 4. The fraction of sp³-hybridized carbons (Fsp3) is 0.688. The van der Waals surface area contributed by atoms with Gasteiger partial charge in [-0.05, 0) is 43.6 Å². The third-order valence-corrected chi connectivity index (χ3v) is 5.51. The molecule has 1 aromatic rings. The van der Waals surface area contributed by atoms with Gasteiger partial charge in [0.25, 0.3) is 0 Å². The Balaban J connectivity index is 1.62. The van der Waals surface area contributed by atoms with Crippen LogP contribution in [0.25, 0.3) is 0 Å². The van der Waals surface area contributed by atoms with E-state index in [2.05, 4.69) is 5.32 Å². The Bertz CT molecular complexity index is 499. The first-order chi connectivity index (χ1) is 10.8. The lowest BCUT2D eigenvalue weighted by Gasteiger charge is -2.28. The van der Waals surface area contributed by atoms with Crippen LogP contribution in [0.4, 0.5) is 4.79 Å².